The molecule has 0 fully saturated rings. The Morgan fingerprint density at radius 3 is 2.56 bits per heavy atom. The summed E-state index contributed by atoms with van der Waals surface area (Å²) in [6, 6.07) is 0. The van der Waals surface area contributed by atoms with Crippen LogP contribution in [0.2, 0.25) is 0 Å². The molecule has 1 aromatic heterocycles. The van der Waals surface area contributed by atoms with Gasteiger partial charge in [0, 0.05) is 21.7 Å². The van der Waals surface area contributed by atoms with Crippen LogP contribution in [-0.2, 0) is 5.41 Å². The second kappa shape index (κ2) is 4.25. The number of rotatable bonds is 3. The highest BCUT2D eigenvalue weighted by atomic mass is 32.1. The first kappa shape index (κ1) is 13.4. The molecule has 0 radical (unpaired) electrons. The number of hydrogen-bond donors (Lipinski definition) is 2. The largest absolute Gasteiger partial charge is 0.320 e. The normalized spacial score (nSPS) is 26.9. The fourth-order valence-electron chi connectivity index (χ4n) is 2.38. The first-order valence-corrected chi connectivity index (χ1v) is 7.16. The van der Waals surface area contributed by atoms with Crippen molar-refractivity contribution in [3.05, 3.63) is 41.1 Å². The number of allylic oxidation sites excluding steroid dienone is 1. The fraction of sp³-hybridized carbons (Fsp3) is 0.467. The van der Waals surface area contributed by atoms with Gasteiger partial charge in [0.2, 0.25) is 0 Å². The van der Waals surface area contributed by atoms with E-state index in [0.717, 1.165) is 0 Å². The zero-order chi connectivity index (χ0) is 13.6. The van der Waals surface area contributed by atoms with Crippen LogP contribution in [0.1, 0.15) is 44.1 Å². The third kappa shape index (κ3) is 1.65. The van der Waals surface area contributed by atoms with E-state index in [4.69, 9.17) is 0 Å². The molecular weight excluding hydrogens is 240 g/mol. The molecule has 1 aliphatic heterocycles. The van der Waals surface area contributed by atoms with Crippen molar-refractivity contribution < 1.29 is 0 Å². The Morgan fingerprint density at radius 1 is 1.33 bits per heavy atom. The molecule has 1 aliphatic rings. The molecule has 0 saturated heterocycles. The maximum Gasteiger partial charge on any atom is 0.0674 e. The first-order chi connectivity index (χ1) is 8.37. The van der Waals surface area contributed by atoms with Crippen LogP contribution >= 0.6 is 11.3 Å². The molecule has 0 aliphatic carbocycles. The number of thiophene rings is 1. The quantitative estimate of drug-likeness (QED) is 0.798. The number of hydrazine groups is 1. The first-order valence-electron chi connectivity index (χ1n) is 6.28. The molecule has 1 aromatic rings. The monoisotopic (exact) mass is 262 g/mol. The highest BCUT2D eigenvalue weighted by Crippen LogP contribution is 2.48. The Kier molecular flexibility index (Phi) is 3.16. The molecule has 98 valence electrons. The Hall–Kier alpha value is -1.06. The van der Waals surface area contributed by atoms with Crippen LogP contribution in [0.5, 0.6) is 0 Å². The topological polar surface area (TPSA) is 24.1 Å². The molecule has 3 heteroatoms. The van der Waals surface area contributed by atoms with Crippen LogP contribution in [-0.4, -0.2) is 5.54 Å². The summed E-state index contributed by atoms with van der Waals surface area (Å²) in [5.41, 5.74) is 9.16. The summed E-state index contributed by atoms with van der Waals surface area (Å²) in [6.45, 7) is 16.7. The minimum Gasteiger partial charge on any atom is -0.320 e. The summed E-state index contributed by atoms with van der Waals surface area (Å²) in [7, 11) is 0. The Balaban J connectivity index is 2.59. The lowest BCUT2D eigenvalue weighted by Crippen LogP contribution is -2.59. The van der Waals surface area contributed by atoms with Gasteiger partial charge < -0.3 is 5.43 Å². The molecule has 0 saturated carbocycles. The van der Waals surface area contributed by atoms with Gasteiger partial charge in [0.1, 0.15) is 0 Å². The molecule has 0 aromatic carbocycles. The van der Waals surface area contributed by atoms with Gasteiger partial charge in [0.15, 0.2) is 0 Å². The molecule has 0 amide bonds. The molecule has 2 atom stereocenters. The van der Waals surface area contributed by atoms with E-state index >= 15 is 0 Å². The van der Waals surface area contributed by atoms with Crippen LogP contribution in [0.3, 0.4) is 0 Å². The van der Waals surface area contributed by atoms with Gasteiger partial charge in [-0.15, -0.1) is 24.5 Å². The van der Waals surface area contributed by atoms with Crippen molar-refractivity contribution in [2.45, 2.75) is 44.6 Å². The second-order valence-electron chi connectivity index (χ2n) is 5.69. The van der Waals surface area contributed by atoms with Crippen molar-refractivity contribution in [2.24, 2.45) is 0 Å². The summed E-state index contributed by atoms with van der Waals surface area (Å²) in [4.78, 5) is 1.33. The Bertz CT molecular complexity index is 487. The summed E-state index contributed by atoms with van der Waals surface area (Å²) in [6.07, 6.45) is 4.04. The summed E-state index contributed by atoms with van der Waals surface area (Å²) >= 11 is 1.79. The number of nitrogens with one attached hydrogen (secondary N) is 2. The van der Waals surface area contributed by atoms with E-state index in [2.05, 4.69) is 63.2 Å². The molecule has 0 bridgehead atoms. The third-order valence-corrected chi connectivity index (χ3v) is 5.54. The Labute approximate surface area is 114 Å². The lowest BCUT2D eigenvalue weighted by atomic mass is 9.67. The van der Waals surface area contributed by atoms with E-state index in [0.29, 0.717) is 5.92 Å². The highest BCUT2D eigenvalue weighted by Gasteiger charge is 2.45. The van der Waals surface area contributed by atoms with E-state index in [1.165, 1.54) is 16.1 Å². The van der Waals surface area contributed by atoms with Gasteiger partial charge in [0.05, 0.1) is 5.69 Å². The second-order valence-corrected chi connectivity index (χ2v) is 6.61. The van der Waals surface area contributed by atoms with Crippen LogP contribution in [0.15, 0.2) is 30.7 Å². The van der Waals surface area contributed by atoms with Gasteiger partial charge in [-0.1, -0.05) is 26.0 Å². The standard InChI is InChI=1S/C15H22N2S/c1-7-10(3)13-12-11(9-18-13)15(6,8-2)14(4,5)17-16-12/h7-10,16-17H,1-2H2,3-6H3. The summed E-state index contributed by atoms with van der Waals surface area (Å²) in [5, 5.41) is 2.25. The molecule has 2 heterocycles. The molecule has 2 nitrogen and oxygen atoms in total. The maximum absolute atomic E-state index is 4.04. The Morgan fingerprint density at radius 2 is 2.00 bits per heavy atom. The number of hydrogen-bond acceptors (Lipinski definition) is 3. The van der Waals surface area contributed by atoms with Gasteiger partial charge in [-0.2, -0.15) is 0 Å². The fourth-order valence-corrected chi connectivity index (χ4v) is 3.57. The average Bonchev–Trinajstić information content (AvgIpc) is 2.77. The zero-order valence-corrected chi connectivity index (χ0v) is 12.4. The molecular formula is C15H22N2S. The van der Waals surface area contributed by atoms with Crippen molar-refractivity contribution in [3.63, 3.8) is 0 Å². The van der Waals surface area contributed by atoms with Crippen LogP contribution in [0, 0.1) is 0 Å². The van der Waals surface area contributed by atoms with Crippen LogP contribution in [0.25, 0.3) is 0 Å². The van der Waals surface area contributed by atoms with E-state index in [-0.39, 0.29) is 11.0 Å². The number of anilines is 1. The van der Waals surface area contributed by atoms with Crippen LogP contribution < -0.4 is 10.9 Å². The lowest BCUT2D eigenvalue weighted by Gasteiger charge is -2.47. The molecule has 2 rings (SSSR count). The van der Waals surface area contributed by atoms with Gasteiger partial charge in [-0.3, -0.25) is 0 Å². The van der Waals surface area contributed by atoms with Crippen molar-refractivity contribution in [1.29, 1.82) is 0 Å². The van der Waals surface area contributed by atoms with Gasteiger partial charge in [0.25, 0.3) is 0 Å². The van der Waals surface area contributed by atoms with Crippen LogP contribution in [0.4, 0.5) is 5.69 Å². The lowest BCUT2D eigenvalue weighted by molar-refractivity contribution is 0.274. The smallest absolute Gasteiger partial charge is 0.0674 e. The maximum atomic E-state index is 4.04. The van der Waals surface area contributed by atoms with E-state index in [1.807, 2.05) is 6.08 Å². The van der Waals surface area contributed by atoms with Crippen molar-refractivity contribution in [2.75, 3.05) is 5.43 Å². The number of fused-ring (bicyclic) bond motifs is 1. The zero-order valence-electron chi connectivity index (χ0n) is 11.6. The highest BCUT2D eigenvalue weighted by molar-refractivity contribution is 7.10. The van der Waals surface area contributed by atoms with Crippen molar-refractivity contribution >= 4 is 17.0 Å². The molecule has 2 N–H and O–H groups in total. The van der Waals surface area contributed by atoms with Gasteiger partial charge in [-0.25, -0.2) is 5.43 Å². The molecule has 2 unspecified atom stereocenters. The van der Waals surface area contributed by atoms with Gasteiger partial charge >= 0.3 is 0 Å². The minimum absolute atomic E-state index is 0.0719. The minimum atomic E-state index is -0.0801. The van der Waals surface area contributed by atoms with Crippen molar-refractivity contribution in [3.8, 4) is 0 Å². The van der Waals surface area contributed by atoms with Gasteiger partial charge in [-0.05, 0) is 24.8 Å². The summed E-state index contributed by atoms with van der Waals surface area (Å²) in [5.74, 6) is 0.364. The molecule has 18 heavy (non-hydrogen) atoms. The van der Waals surface area contributed by atoms with E-state index < -0.39 is 0 Å². The summed E-state index contributed by atoms with van der Waals surface area (Å²) < 4.78 is 0. The third-order valence-electron chi connectivity index (χ3n) is 4.35. The predicted molar refractivity (Wildman–Crippen MR) is 81.3 cm³/mol. The predicted octanol–water partition coefficient (Wildman–Crippen LogP) is 4.19. The van der Waals surface area contributed by atoms with E-state index in [9.17, 15) is 0 Å². The van der Waals surface area contributed by atoms with E-state index in [1.54, 1.807) is 11.3 Å². The molecule has 0 spiro atoms. The average molecular weight is 262 g/mol. The van der Waals surface area contributed by atoms with Crippen molar-refractivity contribution in [1.82, 2.24) is 5.43 Å². The SMILES string of the molecule is C=CC(C)c1scc2c1NNC(C)(C)C2(C)C=C.